The molecule has 0 saturated carbocycles. The van der Waals surface area contributed by atoms with Gasteiger partial charge in [-0.3, -0.25) is 0 Å². The molecule has 2 nitrogen and oxygen atoms in total. The molecule has 0 heterocycles. The quantitative estimate of drug-likeness (QED) is 0.852. The maximum Gasteiger partial charge on any atom is 0.419 e. The molecule has 0 aromatic heterocycles. The van der Waals surface area contributed by atoms with Crippen LogP contribution < -0.4 is 0 Å². The normalized spacial score (nSPS) is 14.5. The summed E-state index contributed by atoms with van der Waals surface area (Å²) in [6, 6.07) is 2.48. The Hall–Kier alpha value is -1.14. The first kappa shape index (κ1) is 15.9. The number of ether oxygens (including phenoxy) is 1. The molecule has 0 saturated heterocycles. The predicted octanol–water partition coefficient (Wildman–Crippen LogP) is 3.69. The summed E-state index contributed by atoms with van der Waals surface area (Å²) >= 11 is 0. The molecule has 0 fully saturated rings. The van der Waals surface area contributed by atoms with Crippen LogP contribution in [0.1, 0.15) is 37.5 Å². The molecule has 6 heteroatoms. The van der Waals surface area contributed by atoms with E-state index in [1.165, 1.54) is 7.11 Å². The van der Waals surface area contributed by atoms with Crippen LogP contribution in [0.25, 0.3) is 0 Å². The average molecular weight is 280 g/mol. The van der Waals surface area contributed by atoms with Crippen molar-refractivity contribution in [2.45, 2.75) is 38.1 Å². The number of aliphatic hydroxyl groups excluding tert-OH is 1. The Morgan fingerprint density at radius 2 is 1.84 bits per heavy atom. The van der Waals surface area contributed by atoms with E-state index in [1.54, 1.807) is 13.8 Å². The van der Waals surface area contributed by atoms with Gasteiger partial charge in [0.25, 0.3) is 0 Å². The van der Waals surface area contributed by atoms with Crippen LogP contribution in [0.2, 0.25) is 0 Å². The number of rotatable bonds is 4. The highest BCUT2D eigenvalue weighted by Crippen LogP contribution is 2.34. The lowest BCUT2D eigenvalue weighted by Crippen LogP contribution is -2.25. The summed E-state index contributed by atoms with van der Waals surface area (Å²) in [7, 11) is 1.44. The summed E-state index contributed by atoms with van der Waals surface area (Å²) in [6.07, 6.45) is -5.83. The third kappa shape index (κ3) is 4.18. The summed E-state index contributed by atoms with van der Waals surface area (Å²) in [4.78, 5) is 0. The molecule has 1 aromatic carbocycles. The molecule has 0 spiro atoms. The van der Waals surface area contributed by atoms with Crippen molar-refractivity contribution >= 4 is 0 Å². The van der Waals surface area contributed by atoms with E-state index in [4.69, 9.17) is 4.74 Å². The number of alkyl halides is 3. The highest BCUT2D eigenvalue weighted by molar-refractivity contribution is 5.29. The number of aliphatic hydroxyl groups is 1. The highest BCUT2D eigenvalue weighted by Gasteiger charge is 2.35. The minimum Gasteiger partial charge on any atom is -0.388 e. The Morgan fingerprint density at radius 3 is 2.32 bits per heavy atom. The second-order valence-electron chi connectivity index (χ2n) is 4.92. The molecule has 0 bridgehead atoms. The topological polar surface area (TPSA) is 29.5 Å². The van der Waals surface area contributed by atoms with Gasteiger partial charge in [-0.05, 0) is 31.5 Å². The van der Waals surface area contributed by atoms with Crippen molar-refractivity contribution in [2.24, 2.45) is 0 Å². The molecule has 0 radical (unpaired) electrons. The zero-order valence-electron chi connectivity index (χ0n) is 10.9. The fraction of sp³-hybridized carbons (Fsp3) is 0.538. The number of halogens is 4. The van der Waals surface area contributed by atoms with E-state index in [-0.39, 0.29) is 12.0 Å². The van der Waals surface area contributed by atoms with E-state index < -0.39 is 29.3 Å². The predicted molar refractivity (Wildman–Crippen MR) is 62.1 cm³/mol. The van der Waals surface area contributed by atoms with Gasteiger partial charge in [0.05, 0.1) is 17.3 Å². The van der Waals surface area contributed by atoms with Crippen molar-refractivity contribution in [1.29, 1.82) is 0 Å². The van der Waals surface area contributed by atoms with Crippen LogP contribution in [0, 0.1) is 5.82 Å². The first-order chi connectivity index (χ1) is 8.57. The van der Waals surface area contributed by atoms with E-state index in [9.17, 15) is 22.7 Å². The first-order valence-corrected chi connectivity index (χ1v) is 5.67. The third-order valence-electron chi connectivity index (χ3n) is 2.92. The molecule has 1 unspecified atom stereocenters. The molecular weight excluding hydrogens is 264 g/mol. The van der Waals surface area contributed by atoms with E-state index in [0.717, 1.165) is 6.07 Å². The van der Waals surface area contributed by atoms with Gasteiger partial charge >= 0.3 is 6.18 Å². The average Bonchev–Trinajstić information content (AvgIpc) is 2.27. The van der Waals surface area contributed by atoms with Crippen LogP contribution in [-0.4, -0.2) is 17.8 Å². The largest absolute Gasteiger partial charge is 0.419 e. The van der Waals surface area contributed by atoms with Crippen molar-refractivity contribution in [1.82, 2.24) is 0 Å². The lowest BCUT2D eigenvalue weighted by atomic mass is 9.94. The lowest BCUT2D eigenvalue weighted by Gasteiger charge is -2.26. The minimum absolute atomic E-state index is 0.0128. The molecule has 108 valence electrons. The third-order valence-corrected chi connectivity index (χ3v) is 2.92. The first-order valence-electron chi connectivity index (χ1n) is 5.67. The highest BCUT2D eigenvalue weighted by atomic mass is 19.4. The van der Waals surface area contributed by atoms with Crippen molar-refractivity contribution in [3.8, 4) is 0 Å². The molecular formula is C13H16F4O2. The Bertz CT molecular complexity index is 441. The van der Waals surface area contributed by atoms with E-state index in [2.05, 4.69) is 0 Å². The standard InChI is InChI=1S/C13H16F4O2/c1-12(2,19-3)7-11(18)8-4-5-10(14)9(6-8)13(15,16)17/h4-6,11,18H,7H2,1-3H3. The van der Waals surface area contributed by atoms with Crippen LogP contribution in [-0.2, 0) is 10.9 Å². The van der Waals surface area contributed by atoms with Gasteiger partial charge in [0.1, 0.15) is 5.82 Å². The second kappa shape index (κ2) is 5.46. The maximum absolute atomic E-state index is 13.1. The Kier molecular flexibility index (Phi) is 4.58. The summed E-state index contributed by atoms with van der Waals surface area (Å²) in [5.74, 6) is -1.35. The van der Waals surface area contributed by atoms with Gasteiger partial charge in [0.2, 0.25) is 0 Å². The summed E-state index contributed by atoms with van der Waals surface area (Å²) in [5.41, 5.74) is -2.05. The number of hydrogen-bond acceptors (Lipinski definition) is 2. The van der Waals surface area contributed by atoms with Gasteiger partial charge in [-0.25, -0.2) is 4.39 Å². The summed E-state index contributed by atoms with van der Waals surface area (Å²) < 4.78 is 55.9. The van der Waals surface area contributed by atoms with Crippen LogP contribution in [0.4, 0.5) is 17.6 Å². The van der Waals surface area contributed by atoms with Crippen LogP contribution in [0.3, 0.4) is 0 Å². The molecule has 0 aliphatic heterocycles. The minimum atomic E-state index is -4.78. The Morgan fingerprint density at radius 1 is 1.26 bits per heavy atom. The zero-order chi connectivity index (χ0) is 14.8. The SMILES string of the molecule is COC(C)(C)CC(O)c1ccc(F)c(C(F)(F)F)c1. The maximum atomic E-state index is 13.1. The van der Waals surface area contributed by atoms with Gasteiger partial charge in [-0.2, -0.15) is 13.2 Å². The van der Waals surface area contributed by atoms with Crippen LogP contribution in [0.15, 0.2) is 18.2 Å². The monoisotopic (exact) mass is 280 g/mol. The van der Waals surface area contributed by atoms with Gasteiger partial charge in [-0.1, -0.05) is 6.07 Å². The smallest absolute Gasteiger partial charge is 0.388 e. The lowest BCUT2D eigenvalue weighted by molar-refractivity contribution is -0.140. The Balaban J connectivity index is 3.03. The number of methoxy groups -OCH3 is 1. The molecule has 1 aromatic rings. The molecule has 0 amide bonds. The van der Waals surface area contributed by atoms with Gasteiger partial charge < -0.3 is 9.84 Å². The molecule has 1 rings (SSSR count). The fourth-order valence-electron chi connectivity index (χ4n) is 1.63. The van der Waals surface area contributed by atoms with Crippen LogP contribution >= 0.6 is 0 Å². The van der Waals surface area contributed by atoms with Crippen LogP contribution in [0.5, 0.6) is 0 Å². The zero-order valence-corrected chi connectivity index (χ0v) is 10.9. The molecule has 1 N–H and O–H groups in total. The van der Waals surface area contributed by atoms with Crippen molar-refractivity contribution < 1.29 is 27.4 Å². The second-order valence-corrected chi connectivity index (χ2v) is 4.92. The van der Waals surface area contributed by atoms with E-state index in [0.29, 0.717) is 12.1 Å². The number of hydrogen-bond donors (Lipinski definition) is 1. The number of benzene rings is 1. The van der Waals surface area contributed by atoms with Crippen molar-refractivity contribution in [3.05, 3.63) is 35.1 Å². The molecule has 0 aliphatic carbocycles. The van der Waals surface area contributed by atoms with Gasteiger partial charge in [0.15, 0.2) is 0 Å². The van der Waals surface area contributed by atoms with Gasteiger partial charge in [0, 0.05) is 13.5 Å². The van der Waals surface area contributed by atoms with E-state index in [1.807, 2.05) is 0 Å². The summed E-state index contributed by atoms with van der Waals surface area (Å²) in [5, 5.41) is 9.90. The summed E-state index contributed by atoms with van der Waals surface area (Å²) in [6.45, 7) is 3.40. The Labute approximate surface area is 109 Å². The van der Waals surface area contributed by atoms with Gasteiger partial charge in [-0.15, -0.1) is 0 Å². The fourth-order valence-corrected chi connectivity index (χ4v) is 1.63. The molecule has 19 heavy (non-hydrogen) atoms. The molecule has 0 aliphatic rings. The van der Waals surface area contributed by atoms with Crippen molar-refractivity contribution in [2.75, 3.05) is 7.11 Å². The van der Waals surface area contributed by atoms with Crippen molar-refractivity contribution in [3.63, 3.8) is 0 Å². The van der Waals surface area contributed by atoms with E-state index >= 15 is 0 Å². The molecule has 1 atom stereocenters.